The second-order valence-corrected chi connectivity index (χ2v) is 4.30. The molecule has 0 heterocycles. The lowest BCUT2D eigenvalue weighted by molar-refractivity contribution is -0.127. The van der Waals surface area contributed by atoms with E-state index in [0.29, 0.717) is 12.2 Å². The van der Waals surface area contributed by atoms with Gasteiger partial charge in [0.15, 0.2) is 6.10 Å². The molecule has 0 saturated heterocycles. The van der Waals surface area contributed by atoms with Crippen molar-refractivity contribution in [2.45, 2.75) is 26.4 Å². The lowest BCUT2D eigenvalue weighted by atomic mass is 10.2. The minimum absolute atomic E-state index is 0.232. The SMILES string of the molecule is CCCNC(=O)C(C)Oc1cc(N)ccc1C(=O)OC. The first-order valence-corrected chi connectivity index (χ1v) is 6.41. The summed E-state index contributed by atoms with van der Waals surface area (Å²) in [5, 5.41) is 2.72. The molecule has 0 aromatic heterocycles. The lowest BCUT2D eigenvalue weighted by Crippen LogP contribution is -2.36. The maximum atomic E-state index is 11.8. The molecule has 0 aliphatic heterocycles. The molecule has 0 saturated carbocycles. The molecule has 0 fully saturated rings. The van der Waals surface area contributed by atoms with Gasteiger partial charge < -0.3 is 20.5 Å². The molecule has 1 rings (SSSR count). The predicted octanol–water partition coefficient (Wildman–Crippen LogP) is 1.35. The van der Waals surface area contributed by atoms with Crippen LogP contribution in [0.25, 0.3) is 0 Å². The van der Waals surface area contributed by atoms with Crippen LogP contribution in [0.2, 0.25) is 0 Å². The van der Waals surface area contributed by atoms with Gasteiger partial charge in [-0.1, -0.05) is 6.92 Å². The van der Waals surface area contributed by atoms with Gasteiger partial charge in [0, 0.05) is 18.3 Å². The Hall–Kier alpha value is -2.24. The highest BCUT2D eigenvalue weighted by Crippen LogP contribution is 2.23. The van der Waals surface area contributed by atoms with E-state index >= 15 is 0 Å². The molecule has 6 nitrogen and oxygen atoms in total. The third kappa shape index (κ3) is 4.15. The van der Waals surface area contributed by atoms with Gasteiger partial charge in [0.2, 0.25) is 0 Å². The number of benzene rings is 1. The van der Waals surface area contributed by atoms with E-state index in [1.807, 2.05) is 6.92 Å². The van der Waals surface area contributed by atoms with E-state index in [2.05, 4.69) is 10.1 Å². The molecule has 3 N–H and O–H groups in total. The molecule has 110 valence electrons. The van der Waals surface area contributed by atoms with Gasteiger partial charge in [-0.15, -0.1) is 0 Å². The van der Waals surface area contributed by atoms with Crippen molar-refractivity contribution in [3.05, 3.63) is 23.8 Å². The van der Waals surface area contributed by atoms with E-state index in [0.717, 1.165) is 6.42 Å². The van der Waals surface area contributed by atoms with Crippen molar-refractivity contribution in [2.75, 3.05) is 19.4 Å². The summed E-state index contributed by atoms with van der Waals surface area (Å²) in [7, 11) is 1.28. The number of esters is 1. The number of methoxy groups -OCH3 is 1. The topological polar surface area (TPSA) is 90.6 Å². The Morgan fingerprint density at radius 2 is 2.10 bits per heavy atom. The Morgan fingerprint density at radius 1 is 1.40 bits per heavy atom. The van der Waals surface area contributed by atoms with Gasteiger partial charge in [-0.05, 0) is 25.5 Å². The van der Waals surface area contributed by atoms with Gasteiger partial charge in [0.25, 0.3) is 5.91 Å². The highest BCUT2D eigenvalue weighted by Gasteiger charge is 2.19. The standard InChI is InChI=1S/C14H20N2O4/c1-4-7-16-13(17)9(2)20-12-8-10(15)5-6-11(12)14(18)19-3/h5-6,8-9H,4,7,15H2,1-3H3,(H,16,17). The monoisotopic (exact) mass is 280 g/mol. The first kappa shape index (κ1) is 15.8. The number of carbonyl (C=O) groups excluding carboxylic acids is 2. The van der Waals surface area contributed by atoms with Crippen LogP contribution in [0.5, 0.6) is 5.75 Å². The van der Waals surface area contributed by atoms with Gasteiger partial charge in [0.1, 0.15) is 11.3 Å². The summed E-state index contributed by atoms with van der Waals surface area (Å²) in [5.41, 5.74) is 6.34. The molecule has 1 aromatic rings. The lowest BCUT2D eigenvalue weighted by Gasteiger charge is -2.16. The second kappa shape index (κ2) is 7.37. The molecular formula is C14H20N2O4. The fourth-order valence-corrected chi connectivity index (χ4v) is 1.55. The van der Waals surface area contributed by atoms with Gasteiger partial charge >= 0.3 is 5.97 Å². The third-order valence-electron chi connectivity index (χ3n) is 2.63. The minimum Gasteiger partial charge on any atom is -0.480 e. The zero-order valence-electron chi connectivity index (χ0n) is 11.9. The number of ether oxygens (including phenoxy) is 2. The third-order valence-corrected chi connectivity index (χ3v) is 2.63. The van der Waals surface area contributed by atoms with Gasteiger partial charge in [-0.25, -0.2) is 4.79 Å². The van der Waals surface area contributed by atoms with Crippen molar-refractivity contribution in [2.24, 2.45) is 0 Å². The van der Waals surface area contributed by atoms with Crippen LogP contribution in [0.1, 0.15) is 30.6 Å². The van der Waals surface area contributed by atoms with Crippen molar-refractivity contribution < 1.29 is 19.1 Å². The summed E-state index contributed by atoms with van der Waals surface area (Å²) in [5.74, 6) is -0.553. The summed E-state index contributed by atoms with van der Waals surface area (Å²) in [6, 6.07) is 4.57. The molecule has 0 radical (unpaired) electrons. The van der Waals surface area contributed by atoms with E-state index in [1.165, 1.54) is 19.2 Å². The largest absolute Gasteiger partial charge is 0.480 e. The number of carbonyl (C=O) groups is 2. The average Bonchev–Trinajstić information content (AvgIpc) is 2.44. The van der Waals surface area contributed by atoms with E-state index in [9.17, 15) is 9.59 Å². The van der Waals surface area contributed by atoms with Crippen molar-refractivity contribution in [1.82, 2.24) is 5.32 Å². The van der Waals surface area contributed by atoms with Crippen LogP contribution in [0, 0.1) is 0 Å². The van der Waals surface area contributed by atoms with E-state index in [-0.39, 0.29) is 17.2 Å². The normalized spacial score (nSPS) is 11.6. The number of hydrogen-bond acceptors (Lipinski definition) is 5. The average molecular weight is 280 g/mol. The number of nitrogens with one attached hydrogen (secondary N) is 1. The van der Waals surface area contributed by atoms with E-state index in [1.54, 1.807) is 13.0 Å². The summed E-state index contributed by atoms with van der Waals surface area (Å²) in [6.45, 7) is 4.14. The quantitative estimate of drug-likeness (QED) is 0.606. The molecule has 1 amide bonds. The number of anilines is 1. The smallest absolute Gasteiger partial charge is 0.341 e. The van der Waals surface area contributed by atoms with Gasteiger partial charge in [-0.3, -0.25) is 4.79 Å². The maximum Gasteiger partial charge on any atom is 0.341 e. The van der Waals surface area contributed by atoms with Crippen LogP contribution in [0.4, 0.5) is 5.69 Å². The van der Waals surface area contributed by atoms with Gasteiger partial charge in [0.05, 0.1) is 7.11 Å². The minimum atomic E-state index is -0.730. The summed E-state index contributed by atoms with van der Waals surface area (Å²) in [4.78, 5) is 23.4. The fourth-order valence-electron chi connectivity index (χ4n) is 1.55. The molecule has 20 heavy (non-hydrogen) atoms. The molecule has 0 bridgehead atoms. The number of rotatable bonds is 6. The van der Waals surface area contributed by atoms with Crippen LogP contribution in [0.3, 0.4) is 0 Å². The highest BCUT2D eigenvalue weighted by molar-refractivity contribution is 5.93. The first-order valence-electron chi connectivity index (χ1n) is 6.41. The van der Waals surface area contributed by atoms with Crippen LogP contribution in [-0.2, 0) is 9.53 Å². The molecule has 1 unspecified atom stereocenters. The van der Waals surface area contributed by atoms with Crippen molar-refractivity contribution in [3.63, 3.8) is 0 Å². The van der Waals surface area contributed by atoms with Crippen molar-refractivity contribution in [1.29, 1.82) is 0 Å². The van der Waals surface area contributed by atoms with Crippen molar-refractivity contribution >= 4 is 17.6 Å². The Kier molecular flexibility index (Phi) is 5.83. The Labute approximate surface area is 118 Å². The number of nitrogen functional groups attached to an aromatic ring is 1. The molecule has 6 heteroatoms. The van der Waals surface area contributed by atoms with E-state index in [4.69, 9.17) is 10.5 Å². The van der Waals surface area contributed by atoms with Crippen LogP contribution >= 0.6 is 0 Å². The zero-order chi connectivity index (χ0) is 15.1. The maximum absolute atomic E-state index is 11.8. The summed E-state index contributed by atoms with van der Waals surface area (Å²) in [6.07, 6.45) is 0.108. The number of hydrogen-bond donors (Lipinski definition) is 2. The summed E-state index contributed by atoms with van der Waals surface area (Å²) >= 11 is 0. The number of amides is 1. The molecule has 1 aromatic carbocycles. The second-order valence-electron chi connectivity index (χ2n) is 4.30. The molecule has 0 aliphatic carbocycles. The zero-order valence-corrected chi connectivity index (χ0v) is 11.9. The van der Waals surface area contributed by atoms with Gasteiger partial charge in [-0.2, -0.15) is 0 Å². The van der Waals surface area contributed by atoms with E-state index < -0.39 is 12.1 Å². The molecule has 0 spiro atoms. The Bertz CT molecular complexity index is 488. The molecular weight excluding hydrogens is 260 g/mol. The van der Waals surface area contributed by atoms with Crippen LogP contribution in [0.15, 0.2) is 18.2 Å². The summed E-state index contributed by atoms with van der Waals surface area (Å²) < 4.78 is 10.2. The van der Waals surface area contributed by atoms with Crippen LogP contribution < -0.4 is 15.8 Å². The predicted molar refractivity (Wildman–Crippen MR) is 75.6 cm³/mol. The fraction of sp³-hybridized carbons (Fsp3) is 0.429. The molecule has 1 atom stereocenters. The van der Waals surface area contributed by atoms with Crippen LogP contribution in [-0.4, -0.2) is 31.6 Å². The molecule has 0 aliphatic rings. The Morgan fingerprint density at radius 3 is 2.70 bits per heavy atom. The highest BCUT2D eigenvalue weighted by atomic mass is 16.5. The van der Waals surface area contributed by atoms with Crippen molar-refractivity contribution in [3.8, 4) is 5.75 Å². The Balaban J connectivity index is 2.87. The first-order chi connectivity index (χ1) is 9.49. The number of nitrogens with two attached hydrogens (primary N) is 1.